The van der Waals surface area contributed by atoms with Crippen LogP contribution in [0.2, 0.25) is 0 Å². The van der Waals surface area contributed by atoms with E-state index in [2.05, 4.69) is 9.97 Å². The average molecular weight is 212 g/mol. The highest BCUT2D eigenvalue weighted by molar-refractivity contribution is 7.98. The first-order chi connectivity index (χ1) is 6.36. The van der Waals surface area contributed by atoms with E-state index in [4.69, 9.17) is 4.42 Å². The number of rotatable bonds is 3. The van der Waals surface area contributed by atoms with E-state index < -0.39 is 0 Å². The fraction of sp³-hybridized carbons (Fsp3) is 0.250. The van der Waals surface area contributed by atoms with Gasteiger partial charge in [0.05, 0.1) is 17.4 Å². The summed E-state index contributed by atoms with van der Waals surface area (Å²) < 4.78 is 5.11. The summed E-state index contributed by atoms with van der Waals surface area (Å²) in [5.41, 5.74) is 2.96. The topological polar surface area (TPSA) is 38.9 Å². The summed E-state index contributed by atoms with van der Waals surface area (Å²) in [6.45, 7) is 2.02. The van der Waals surface area contributed by atoms with Crippen molar-refractivity contribution >= 4 is 23.1 Å². The molecule has 0 aliphatic carbocycles. The Morgan fingerprint density at radius 1 is 1.54 bits per heavy atom. The normalized spacial score (nSPS) is 10.5. The first-order valence-corrected chi connectivity index (χ1v) is 5.64. The largest absolute Gasteiger partial charge is 0.440 e. The van der Waals surface area contributed by atoms with Crippen molar-refractivity contribution in [2.24, 2.45) is 0 Å². The van der Waals surface area contributed by atoms with E-state index >= 15 is 0 Å². The third-order valence-electron chi connectivity index (χ3n) is 1.58. The Labute approximate surface area is 84.2 Å². The van der Waals surface area contributed by atoms with Gasteiger partial charge in [0.1, 0.15) is 6.26 Å². The molecule has 2 aromatic heterocycles. The van der Waals surface area contributed by atoms with Crippen molar-refractivity contribution in [3.05, 3.63) is 28.5 Å². The Bertz CT molecular complexity index is 369. The zero-order valence-electron chi connectivity index (χ0n) is 7.06. The number of hydrogen-bond donors (Lipinski definition) is 0. The lowest BCUT2D eigenvalue weighted by atomic mass is 10.4. The molecule has 0 saturated carbocycles. The monoisotopic (exact) mass is 212 g/mol. The number of aromatic nitrogens is 2. The smallest absolute Gasteiger partial charge is 0.255 e. The Morgan fingerprint density at radius 3 is 3.08 bits per heavy atom. The molecular formula is C8H8N2OS2. The molecule has 2 aromatic rings. The molecule has 0 atom stereocenters. The van der Waals surface area contributed by atoms with Gasteiger partial charge in [-0.05, 0) is 6.92 Å². The lowest BCUT2D eigenvalue weighted by Crippen LogP contribution is -1.79. The molecule has 13 heavy (non-hydrogen) atoms. The number of thiazole rings is 1. The molecule has 0 aliphatic rings. The van der Waals surface area contributed by atoms with Crippen LogP contribution in [-0.4, -0.2) is 9.97 Å². The van der Waals surface area contributed by atoms with Crippen LogP contribution in [0.5, 0.6) is 0 Å². The molecule has 0 bridgehead atoms. The lowest BCUT2D eigenvalue weighted by Gasteiger charge is -1.93. The van der Waals surface area contributed by atoms with Gasteiger partial charge in [0.25, 0.3) is 5.22 Å². The molecule has 0 spiro atoms. The lowest BCUT2D eigenvalue weighted by molar-refractivity contribution is 0.454. The van der Waals surface area contributed by atoms with Crippen LogP contribution >= 0.6 is 23.1 Å². The maximum atomic E-state index is 5.11. The second-order valence-corrected chi connectivity index (χ2v) is 4.31. The fourth-order valence-corrected chi connectivity index (χ4v) is 2.61. The van der Waals surface area contributed by atoms with Crippen LogP contribution in [0.4, 0.5) is 0 Å². The molecule has 0 radical (unpaired) electrons. The molecule has 0 N–H and O–H groups in total. The number of aryl methyl sites for hydroxylation is 1. The van der Waals surface area contributed by atoms with Crippen molar-refractivity contribution in [1.82, 2.24) is 9.97 Å². The quantitative estimate of drug-likeness (QED) is 0.733. The minimum Gasteiger partial charge on any atom is -0.440 e. The average Bonchev–Trinajstić information content (AvgIpc) is 2.72. The molecule has 2 heterocycles. The SMILES string of the molecule is Cc1ncsc1CSc1ncco1. The maximum Gasteiger partial charge on any atom is 0.255 e. The molecule has 2 rings (SSSR count). The molecule has 0 saturated heterocycles. The Kier molecular flexibility index (Phi) is 2.65. The first-order valence-electron chi connectivity index (χ1n) is 3.77. The third kappa shape index (κ3) is 2.10. The molecule has 0 fully saturated rings. The summed E-state index contributed by atoms with van der Waals surface area (Å²) in [6, 6.07) is 0. The minimum absolute atomic E-state index is 0.716. The summed E-state index contributed by atoms with van der Waals surface area (Å²) in [6.07, 6.45) is 3.24. The van der Waals surface area contributed by atoms with Gasteiger partial charge in [0.2, 0.25) is 0 Å². The van der Waals surface area contributed by atoms with Gasteiger partial charge >= 0.3 is 0 Å². The van der Waals surface area contributed by atoms with Gasteiger partial charge in [-0.1, -0.05) is 11.8 Å². The van der Waals surface area contributed by atoms with E-state index in [1.165, 1.54) is 4.88 Å². The standard InChI is InChI=1S/C8H8N2OS2/c1-6-7(13-5-10-6)4-12-8-9-2-3-11-8/h2-3,5H,4H2,1H3. The number of oxazole rings is 1. The van der Waals surface area contributed by atoms with Gasteiger partial charge in [0, 0.05) is 10.6 Å². The highest BCUT2D eigenvalue weighted by Crippen LogP contribution is 2.24. The third-order valence-corrected chi connectivity index (χ3v) is 3.58. The molecule has 0 amide bonds. The second-order valence-electron chi connectivity index (χ2n) is 2.45. The van der Waals surface area contributed by atoms with E-state index in [9.17, 15) is 0 Å². The predicted molar refractivity (Wildman–Crippen MR) is 52.9 cm³/mol. The van der Waals surface area contributed by atoms with Crippen LogP contribution in [0.15, 0.2) is 27.6 Å². The highest BCUT2D eigenvalue weighted by Gasteiger charge is 2.04. The van der Waals surface area contributed by atoms with Crippen LogP contribution in [0.3, 0.4) is 0 Å². The second kappa shape index (κ2) is 3.93. The summed E-state index contributed by atoms with van der Waals surface area (Å²) in [5.74, 6) is 0.886. The van der Waals surface area contributed by atoms with Crippen LogP contribution in [-0.2, 0) is 5.75 Å². The fourth-order valence-electron chi connectivity index (χ4n) is 0.874. The summed E-state index contributed by atoms with van der Waals surface area (Å²) in [5, 5.41) is 0.716. The summed E-state index contributed by atoms with van der Waals surface area (Å²) in [7, 11) is 0. The predicted octanol–water partition coefficient (Wildman–Crippen LogP) is 2.73. The maximum absolute atomic E-state index is 5.11. The molecule has 3 nitrogen and oxygen atoms in total. The Balaban J connectivity index is 1.97. The zero-order valence-corrected chi connectivity index (χ0v) is 8.69. The molecule has 5 heteroatoms. The van der Waals surface area contributed by atoms with Crippen molar-refractivity contribution in [1.29, 1.82) is 0 Å². The van der Waals surface area contributed by atoms with Crippen molar-refractivity contribution in [2.45, 2.75) is 17.9 Å². The Hall–Kier alpha value is -0.810. The van der Waals surface area contributed by atoms with Gasteiger partial charge < -0.3 is 4.42 Å². The van der Waals surface area contributed by atoms with Crippen LogP contribution < -0.4 is 0 Å². The van der Waals surface area contributed by atoms with E-state index in [0.717, 1.165) is 11.4 Å². The van der Waals surface area contributed by atoms with Gasteiger partial charge in [0.15, 0.2) is 0 Å². The van der Waals surface area contributed by atoms with Gasteiger partial charge in [-0.3, -0.25) is 0 Å². The van der Waals surface area contributed by atoms with E-state index in [0.29, 0.717) is 5.22 Å². The van der Waals surface area contributed by atoms with Crippen molar-refractivity contribution in [3.63, 3.8) is 0 Å². The van der Waals surface area contributed by atoms with E-state index in [1.54, 1.807) is 35.6 Å². The van der Waals surface area contributed by atoms with Crippen molar-refractivity contribution in [2.75, 3.05) is 0 Å². The van der Waals surface area contributed by atoms with Crippen LogP contribution in [0, 0.1) is 6.92 Å². The van der Waals surface area contributed by atoms with Gasteiger partial charge in [-0.15, -0.1) is 11.3 Å². The number of nitrogens with zero attached hydrogens (tertiary/aromatic N) is 2. The molecule has 68 valence electrons. The van der Waals surface area contributed by atoms with Gasteiger partial charge in [-0.25, -0.2) is 9.97 Å². The van der Waals surface area contributed by atoms with E-state index in [-0.39, 0.29) is 0 Å². The zero-order chi connectivity index (χ0) is 9.10. The first kappa shape index (κ1) is 8.77. The van der Waals surface area contributed by atoms with E-state index in [1.807, 2.05) is 12.4 Å². The molecular weight excluding hydrogens is 204 g/mol. The van der Waals surface area contributed by atoms with Crippen molar-refractivity contribution < 1.29 is 4.42 Å². The highest BCUT2D eigenvalue weighted by atomic mass is 32.2. The Morgan fingerprint density at radius 2 is 2.46 bits per heavy atom. The number of thioether (sulfide) groups is 1. The summed E-state index contributed by atoms with van der Waals surface area (Å²) in [4.78, 5) is 9.48. The van der Waals surface area contributed by atoms with Crippen LogP contribution in [0.1, 0.15) is 10.6 Å². The number of hydrogen-bond acceptors (Lipinski definition) is 5. The summed E-state index contributed by atoms with van der Waals surface area (Å²) >= 11 is 3.26. The van der Waals surface area contributed by atoms with Crippen molar-refractivity contribution in [3.8, 4) is 0 Å². The minimum atomic E-state index is 0.716. The molecule has 0 unspecified atom stereocenters. The molecule has 0 aromatic carbocycles. The molecule has 0 aliphatic heterocycles. The van der Waals surface area contributed by atoms with Crippen LogP contribution in [0.25, 0.3) is 0 Å². The van der Waals surface area contributed by atoms with Gasteiger partial charge in [-0.2, -0.15) is 0 Å².